The highest BCUT2D eigenvalue weighted by Gasteiger charge is 2.37. The molecule has 1 atom stereocenters. The van der Waals surface area contributed by atoms with E-state index in [0.717, 1.165) is 143 Å². The zero-order valence-electron chi connectivity index (χ0n) is 51.1. The predicted molar refractivity (Wildman–Crippen MR) is 338 cm³/mol. The van der Waals surface area contributed by atoms with Crippen molar-refractivity contribution in [3.8, 4) is 23.0 Å². The fraction of sp³-hybridized carbons (Fsp3) is 0.667. The quantitative estimate of drug-likeness (QED) is 0.0167. The summed E-state index contributed by atoms with van der Waals surface area (Å²) in [5.41, 5.74) is 1.02. The van der Waals surface area contributed by atoms with Gasteiger partial charge in [-0.15, -0.1) is 0 Å². The zero-order chi connectivity index (χ0) is 55.9. The van der Waals surface area contributed by atoms with Gasteiger partial charge in [-0.3, -0.25) is 14.5 Å². The molecule has 1 heterocycles. The highest BCUT2D eigenvalue weighted by atomic mass is 16.5. The van der Waals surface area contributed by atoms with Gasteiger partial charge in [0.15, 0.2) is 23.0 Å². The SMILES string of the molecule is CCCCCCCCCCOc1cc2c3cc(OCCCCCCCCCC)c(OCCCCCCCCCC)cc3c3cc4cc5c(cc4cc3c2cc1OCCCCCCCCCC)C(=O)N(CC(CC)CCCC)C5=O. The van der Waals surface area contributed by atoms with Crippen molar-refractivity contribution in [3.05, 3.63) is 59.7 Å². The fourth-order valence-corrected chi connectivity index (χ4v) is 12.0. The molecule has 2 amide bonds. The molecule has 0 bridgehead atoms. The number of benzene rings is 5. The molecule has 6 rings (SSSR count). The summed E-state index contributed by atoms with van der Waals surface area (Å²) < 4.78 is 27.3. The zero-order valence-corrected chi connectivity index (χ0v) is 51.1. The van der Waals surface area contributed by atoms with Crippen molar-refractivity contribution in [1.82, 2.24) is 4.90 Å². The Bertz CT molecular complexity index is 2400. The maximum atomic E-state index is 14.2. The summed E-state index contributed by atoms with van der Waals surface area (Å²) in [4.78, 5) is 30.0. The first-order valence-electron chi connectivity index (χ1n) is 33.2. The van der Waals surface area contributed by atoms with E-state index >= 15 is 0 Å². The third-order valence-corrected chi connectivity index (χ3v) is 17.1. The van der Waals surface area contributed by atoms with Crippen molar-refractivity contribution in [1.29, 1.82) is 0 Å². The minimum Gasteiger partial charge on any atom is -0.490 e. The second-order valence-electron chi connectivity index (χ2n) is 23.8. The Morgan fingerprint density at radius 2 is 0.570 bits per heavy atom. The van der Waals surface area contributed by atoms with E-state index in [1.54, 1.807) is 0 Å². The molecule has 0 saturated carbocycles. The van der Waals surface area contributed by atoms with Crippen LogP contribution in [0.3, 0.4) is 0 Å². The number of hydrogen-bond donors (Lipinski definition) is 0. The lowest BCUT2D eigenvalue weighted by Gasteiger charge is -2.21. The summed E-state index contributed by atoms with van der Waals surface area (Å²) in [6, 6.07) is 17.4. The van der Waals surface area contributed by atoms with Gasteiger partial charge in [-0.1, -0.05) is 241 Å². The number of amides is 2. The Morgan fingerprint density at radius 3 is 0.835 bits per heavy atom. The van der Waals surface area contributed by atoms with Gasteiger partial charge in [-0.25, -0.2) is 0 Å². The second-order valence-corrected chi connectivity index (χ2v) is 23.8. The monoisotopic (exact) mass is 1080 g/mol. The Kier molecular flexibility index (Phi) is 29.6. The summed E-state index contributed by atoms with van der Waals surface area (Å²) >= 11 is 0. The van der Waals surface area contributed by atoms with E-state index in [1.165, 1.54) is 159 Å². The molecule has 0 spiro atoms. The van der Waals surface area contributed by atoms with Crippen LogP contribution in [0.5, 0.6) is 23.0 Å². The van der Waals surface area contributed by atoms with Crippen LogP contribution in [0, 0.1) is 5.92 Å². The fourth-order valence-electron chi connectivity index (χ4n) is 12.0. The average Bonchev–Trinajstić information content (AvgIpc) is 3.65. The minimum absolute atomic E-state index is 0.173. The van der Waals surface area contributed by atoms with Gasteiger partial charge < -0.3 is 18.9 Å². The van der Waals surface area contributed by atoms with Crippen LogP contribution in [0.2, 0.25) is 0 Å². The number of carbonyl (C=O) groups excluding carboxylic acids is 2. The van der Waals surface area contributed by atoms with Crippen molar-refractivity contribution >= 4 is 54.9 Å². The van der Waals surface area contributed by atoms with Crippen LogP contribution < -0.4 is 18.9 Å². The Labute approximate surface area is 480 Å². The summed E-state index contributed by atoms with van der Waals surface area (Å²) in [6.45, 7) is 16.5. The molecule has 1 aliphatic rings. The first-order valence-corrected chi connectivity index (χ1v) is 33.2. The van der Waals surface area contributed by atoms with Gasteiger partial charge in [0.25, 0.3) is 11.8 Å². The molecule has 0 N–H and O–H groups in total. The van der Waals surface area contributed by atoms with Crippen LogP contribution in [0.15, 0.2) is 48.5 Å². The van der Waals surface area contributed by atoms with Gasteiger partial charge in [0, 0.05) is 6.54 Å². The number of fused-ring (bicyclic) bond motifs is 8. The predicted octanol–water partition coefficient (Wildman–Crippen LogP) is 22.2. The molecule has 79 heavy (non-hydrogen) atoms. The standard InChI is InChI=1S/C72H109NO6/c1-7-13-18-22-26-30-34-38-43-76-67-51-61-59-47-57-49-65-66(72(75)73(71(65)74)55-56(12-6)42-17-11-5)50-58(57)48-60(59)62-52-68(77-44-39-35-31-27-23-19-14-8-2)70(79-46-41-37-33-29-25-21-16-10-4)54-64(62)63(61)53-69(67)78-45-40-36-32-28-24-20-15-9-3/h47-54,56H,7-46,55H2,1-6H3. The summed E-state index contributed by atoms with van der Waals surface area (Å²) in [7, 11) is 0. The normalized spacial score (nSPS) is 13.0. The highest BCUT2D eigenvalue weighted by molar-refractivity contribution is 6.29. The lowest BCUT2D eigenvalue weighted by molar-refractivity contribution is 0.0624. The topological polar surface area (TPSA) is 74.3 Å². The van der Waals surface area contributed by atoms with Gasteiger partial charge in [-0.2, -0.15) is 0 Å². The van der Waals surface area contributed by atoms with Crippen molar-refractivity contribution in [3.63, 3.8) is 0 Å². The van der Waals surface area contributed by atoms with Crippen molar-refractivity contribution in [2.75, 3.05) is 33.0 Å². The Morgan fingerprint density at radius 1 is 0.316 bits per heavy atom. The van der Waals surface area contributed by atoms with Crippen LogP contribution in [0.4, 0.5) is 0 Å². The second kappa shape index (κ2) is 36.8. The first kappa shape index (κ1) is 63.7. The van der Waals surface area contributed by atoms with Crippen LogP contribution >= 0.6 is 0 Å². The third-order valence-electron chi connectivity index (χ3n) is 17.1. The largest absolute Gasteiger partial charge is 0.490 e. The summed E-state index contributed by atoms with van der Waals surface area (Å²) in [6.07, 6.45) is 43.8. The molecule has 0 radical (unpaired) electrons. The van der Waals surface area contributed by atoms with Crippen molar-refractivity contribution in [2.24, 2.45) is 5.92 Å². The minimum atomic E-state index is -0.173. The number of rotatable bonds is 46. The van der Waals surface area contributed by atoms with E-state index in [9.17, 15) is 9.59 Å². The van der Waals surface area contributed by atoms with Crippen LogP contribution in [0.1, 0.15) is 293 Å². The van der Waals surface area contributed by atoms with Crippen LogP contribution in [-0.2, 0) is 0 Å². The van der Waals surface area contributed by atoms with Gasteiger partial charge in [0.2, 0.25) is 0 Å². The molecule has 7 nitrogen and oxygen atoms in total. The van der Waals surface area contributed by atoms with Crippen LogP contribution in [0.25, 0.3) is 43.1 Å². The van der Waals surface area contributed by atoms with Crippen LogP contribution in [-0.4, -0.2) is 49.7 Å². The van der Waals surface area contributed by atoms with E-state index in [2.05, 4.69) is 77.9 Å². The molecule has 1 unspecified atom stereocenters. The van der Waals surface area contributed by atoms with Gasteiger partial charge in [0.1, 0.15) is 0 Å². The molecule has 438 valence electrons. The molecule has 0 saturated heterocycles. The smallest absolute Gasteiger partial charge is 0.261 e. The molecule has 7 heteroatoms. The first-order chi connectivity index (χ1) is 38.9. The highest BCUT2D eigenvalue weighted by Crippen LogP contribution is 2.46. The summed E-state index contributed by atoms with van der Waals surface area (Å²) in [5, 5.41) is 8.33. The number of unbranched alkanes of at least 4 members (excludes halogenated alkanes) is 29. The molecular weight excluding hydrogens is 975 g/mol. The van der Waals surface area contributed by atoms with E-state index in [-0.39, 0.29) is 11.8 Å². The molecule has 5 aromatic rings. The van der Waals surface area contributed by atoms with Crippen molar-refractivity contribution < 1.29 is 28.5 Å². The Hall–Kier alpha value is -4.52. The number of carbonyl (C=O) groups is 2. The van der Waals surface area contributed by atoms with E-state index in [1.807, 2.05) is 12.1 Å². The van der Waals surface area contributed by atoms with E-state index in [4.69, 9.17) is 18.9 Å². The van der Waals surface area contributed by atoms with E-state index in [0.29, 0.717) is 50.0 Å². The molecule has 0 aromatic heterocycles. The van der Waals surface area contributed by atoms with Crippen molar-refractivity contribution in [2.45, 2.75) is 273 Å². The van der Waals surface area contributed by atoms with E-state index < -0.39 is 0 Å². The third kappa shape index (κ3) is 19.9. The number of hydrogen-bond acceptors (Lipinski definition) is 6. The molecule has 5 aromatic carbocycles. The maximum absolute atomic E-state index is 14.2. The summed E-state index contributed by atoms with van der Waals surface area (Å²) in [5.74, 6) is 3.09. The molecule has 0 fully saturated rings. The number of imide groups is 1. The van der Waals surface area contributed by atoms with Gasteiger partial charge >= 0.3 is 0 Å². The lowest BCUT2D eigenvalue weighted by Crippen LogP contribution is -2.34. The van der Waals surface area contributed by atoms with Gasteiger partial charge in [0.05, 0.1) is 37.6 Å². The lowest BCUT2D eigenvalue weighted by atomic mass is 9.90. The molecular formula is C72H109NO6. The molecule has 1 aliphatic heterocycles. The number of nitrogens with zero attached hydrogens (tertiary/aromatic N) is 1. The average molecular weight is 1080 g/mol. The van der Waals surface area contributed by atoms with Gasteiger partial charge in [-0.05, 0) is 130 Å². The Balaban J connectivity index is 1.42. The maximum Gasteiger partial charge on any atom is 0.261 e. The molecule has 0 aliphatic carbocycles. The number of ether oxygens (including phenoxy) is 4.